The molecule has 1 N–H and O–H groups in total. The topological polar surface area (TPSA) is 37.8 Å². The lowest BCUT2D eigenvalue weighted by molar-refractivity contribution is 0.476. The summed E-state index contributed by atoms with van der Waals surface area (Å²) in [5, 5.41) is 3.11. The van der Waals surface area contributed by atoms with E-state index in [0.717, 1.165) is 0 Å². The van der Waals surface area contributed by atoms with Gasteiger partial charge in [0.05, 0.1) is 11.7 Å². The van der Waals surface area contributed by atoms with Gasteiger partial charge in [-0.2, -0.15) is 0 Å². The Bertz CT molecular complexity index is 558. The van der Waals surface area contributed by atoms with E-state index in [1.165, 1.54) is 13.3 Å². The summed E-state index contributed by atoms with van der Waals surface area (Å²) in [5.41, 5.74) is 1.15. The number of nitrogens with zero attached hydrogens (tertiary/aromatic N) is 2. The largest absolute Gasteiger partial charge is 0.305 e. The zero-order valence-corrected chi connectivity index (χ0v) is 10.8. The molecule has 2 aromatic rings. The molecule has 0 saturated heterocycles. The van der Waals surface area contributed by atoms with Crippen molar-refractivity contribution in [1.82, 2.24) is 15.3 Å². The fraction of sp³-hybridized carbons (Fsp3) is 0.286. The van der Waals surface area contributed by atoms with Gasteiger partial charge in [-0.05, 0) is 25.1 Å². The molecule has 0 fully saturated rings. The molecule has 0 amide bonds. The fourth-order valence-electron chi connectivity index (χ4n) is 1.93. The van der Waals surface area contributed by atoms with Crippen LogP contribution >= 0.6 is 0 Å². The van der Waals surface area contributed by atoms with Gasteiger partial charge in [-0.1, -0.05) is 19.1 Å². The normalized spacial score (nSPS) is 12.4. The van der Waals surface area contributed by atoms with E-state index in [9.17, 15) is 8.78 Å². The van der Waals surface area contributed by atoms with Crippen molar-refractivity contribution in [2.75, 3.05) is 6.54 Å². The molecular weight excluding hydrogens is 248 g/mol. The summed E-state index contributed by atoms with van der Waals surface area (Å²) in [6, 6.07) is 4.36. The van der Waals surface area contributed by atoms with Gasteiger partial charge in [0, 0.05) is 11.8 Å². The number of rotatable bonds is 4. The summed E-state index contributed by atoms with van der Waals surface area (Å²) < 4.78 is 27.7. The minimum absolute atomic E-state index is 0.253. The predicted molar refractivity (Wildman–Crippen MR) is 68.6 cm³/mol. The number of halogens is 2. The number of aromatic nitrogens is 2. The van der Waals surface area contributed by atoms with E-state index in [2.05, 4.69) is 15.3 Å². The highest BCUT2D eigenvalue weighted by Gasteiger charge is 2.21. The number of benzene rings is 1. The number of nitrogens with one attached hydrogen (secondary N) is 1. The number of hydrogen-bond acceptors (Lipinski definition) is 3. The molecular formula is C14H15F2N3. The van der Waals surface area contributed by atoms with E-state index in [-0.39, 0.29) is 5.56 Å². The molecule has 0 bridgehead atoms. The van der Waals surface area contributed by atoms with Gasteiger partial charge in [0.25, 0.3) is 0 Å². The summed E-state index contributed by atoms with van der Waals surface area (Å²) in [5.74, 6) is -1.64. The lowest BCUT2D eigenvalue weighted by atomic mass is 10.0. The first-order valence-electron chi connectivity index (χ1n) is 6.09. The average Bonchev–Trinajstić information content (AvgIpc) is 2.44. The van der Waals surface area contributed by atoms with Crippen molar-refractivity contribution in [2.24, 2.45) is 0 Å². The van der Waals surface area contributed by atoms with Crippen LogP contribution in [-0.2, 0) is 0 Å². The highest BCUT2D eigenvalue weighted by atomic mass is 19.2. The van der Waals surface area contributed by atoms with Crippen molar-refractivity contribution in [3.63, 3.8) is 0 Å². The van der Waals surface area contributed by atoms with Gasteiger partial charge in [0.15, 0.2) is 11.6 Å². The highest BCUT2D eigenvalue weighted by molar-refractivity contribution is 5.32. The monoisotopic (exact) mass is 263 g/mol. The first-order chi connectivity index (χ1) is 9.15. The minimum Gasteiger partial charge on any atom is -0.305 e. The Labute approximate surface area is 110 Å². The Morgan fingerprint density at radius 1 is 1.21 bits per heavy atom. The number of hydrogen-bond donors (Lipinski definition) is 1. The third kappa shape index (κ3) is 2.76. The lowest BCUT2D eigenvalue weighted by Crippen LogP contribution is -2.24. The van der Waals surface area contributed by atoms with Gasteiger partial charge in [-0.3, -0.25) is 0 Å². The van der Waals surface area contributed by atoms with Gasteiger partial charge >= 0.3 is 0 Å². The molecule has 2 rings (SSSR count). The highest BCUT2D eigenvalue weighted by Crippen LogP contribution is 2.25. The molecule has 100 valence electrons. The molecule has 19 heavy (non-hydrogen) atoms. The molecule has 1 aromatic carbocycles. The van der Waals surface area contributed by atoms with Crippen molar-refractivity contribution in [3.05, 3.63) is 59.2 Å². The van der Waals surface area contributed by atoms with Crippen LogP contribution in [0, 0.1) is 18.6 Å². The second-order valence-corrected chi connectivity index (χ2v) is 4.22. The van der Waals surface area contributed by atoms with Gasteiger partial charge in [0.1, 0.15) is 6.33 Å². The molecule has 0 saturated carbocycles. The summed E-state index contributed by atoms with van der Waals surface area (Å²) >= 11 is 0. The van der Waals surface area contributed by atoms with E-state index >= 15 is 0 Å². The zero-order chi connectivity index (χ0) is 13.8. The Balaban J connectivity index is 2.49. The van der Waals surface area contributed by atoms with Crippen LogP contribution in [0.5, 0.6) is 0 Å². The van der Waals surface area contributed by atoms with E-state index in [1.807, 2.05) is 6.92 Å². The Morgan fingerprint density at radius 2 is 2.00 bits per heavy atom. The van der Waals surface area contributed by atoms with Crippen LogP contribution in [0.1, 0.15) is 29.8 Å². The van der Waals surface area contributed by atoms with Gasteiger partial charge < -0.3 is 5.32 Å². The second-order valence-electron chi connectivity index (χ2n) is 4.22. The van der Waals surface area contributed by atoms with Crippen LogP contribution < -0.4 is 5.32 Å². The Morgan fingerprint density at radius 3 is 2.63 bits per heavy atom. The summed E-state index contributed by atoms with van der Waals surface area (Å²) in [6.45, 7) is 4.05. The quantitative estimate of drug-likeness (QED) is 0.921. The van der Waals surface area contributed by atoms with Crippen LogP contribution in [0.2, 0.25) is 0 Å². The van der Waals surface area contributed by atoms with Crippen molar-refractivity contribution >= 4 is 0 Å². The van der Waals surface area contributed by atoms with E-state index < -0.39 is 17.7 Å². The molecule has 0 aliphatic heterocycles. The van der Waals surface area contributed by atoms with Crippen molar-refractivity contribution < 1.29 is 8.78 Å². The molecule has 1 unspecified atom stereocenters. The smallest absolute Gasteiger partial charge is 0.164 e. The number of aryl methyl sites for hydroxylation is 1. The standard InChI is InChI=1S/C14H15F2N3/c1-3-18-14(11-6-7-17-8-19-11)10-5-4-9(2)12(15)13(10)16/h4-8,14,18H,3H2,1-2H3. The zero-order valence-electron chi connectivity index (χ0n) is 10.8. The van der Waals surface area contributed by atoms with Crippen LogP contribution in [0.25, 0.3) is 0 Å². The minimum atomic E-state index is -0.829. The molecule has 0 spiro atoms. The van der Waals surface area contributed by atoms with Gasteiger partial charge in [0.2, 0.25) is 0 Å². The molecule has 1 heterocycles. The fourth-order valence-corrected chi connectivity index (χ4v) is 1.93. The summed E-state index contributed by atoms with van der Waals surface area (Å²) in [6.07, 6.45) is 2.97. The van der Waals surface area contributed by atoms with Gasteiger partial charge in [-0.15, -0.1) is 0 Å². The van der Waals surface area contributed by atoms with E-state index in [4.69, 9.17) is 0 Å². The van der Waals surface area contributed by atoms with Crippen molar-refractivity contribution in [3.8, 4) is 0 Å². The molecule has 1 atom stereocenters. The molecule has 1 aromatic heterocycles. The summed E-state index contributed by atoms with van der Waals surface area (Å²) in [4.78, 5) is 7.93. The third-order valence-corrected chi connectivity index (χ3v) is 2.93. The first-order valence-corrected chi connectivity index (χ1v) is 6.09. The predicted octanol–water partition coefficient (Wildman–Crippen LogP) is 2.76. The van der Waals surface area contributed by atoms with E-state index in [0.29, 0.717) is 17.8 Å². The molecule has 0 radical (unpaired) electrons. The molecule has 3 nitrogen and oxygen atoms in total. The van der Waals surface area contributed by atoms with Crippen LogP contribution in [0.15, 0.2) is 30.7 Å². The third-order valence-electron chi connectivity index (χ3n) is 2.93. The van der Waals surface area contributed by atoms with Crippen molar-refractivity contribution in [2.45, 2.75) is 19.9 Å². The molecule has 5 heteroatoms. The van der Waals surface area contributed by atoms with Crippen LogP contribution in [0.3, 0.4) is 0 Å². The average molecular weight is 263 g/mol. The lowest BCUT2D eigenvalue weighted by Gasteiger charge is -2.19. The summed E-state index contributed by atoms with van der Waals surface area (Å²) in [7, 11) is 0. The Hall–Kier alpha value is -1.88. The first kappa shape index (κ1) is 13.5. The van der Waals surface area contributed by atoms with Crippen LogP contribution in [0.4, 0.5) is 8.78 Å². The maximum atomic E-state index is 14.1. The van der Waals surface area contributed by atoms with Crippen LogP contribution in [-0.4, -0.2) is 16.5 Å². The maximum absolute atomic E-state index is 14.1. The maximum Gasteiger partial charge on any atom is 0.164 e. The second kappa shape index (κ2) is 5.84. The van der Waals surface area contributed by atoms with Gasteiger partial charge in [-0.25, -0.2) is 18.7 Å². The Kier molecular flexibility index (Phi) is 4.16. The van der Waals surface area contributed by atoms with Crippen molar-refractivity contribution in [1.29, 1.82) is 0 Å². The molecule has 0 aliphatic rings. The SMILES string of the molecule is CCNC(c1ccncn1)c1ccc(C)c(F)c1F. The van der Waals surface area contributed by atoms with E-state index in [1.54, 1.807) is 24.4 Å². The molecule has 0 aliphatic carbocycles.